The number of carbonyl (C=O) groups excluding carboxylic acids is 1. The van der Waals surface area contributed by atoms with Gasteiger partial charge in [-0.3, -0.25) is 9.78 Å². The van der Waals surface area contributed by atoms with Gasteiger partial charge in [-0.1, -0.05) is 0 Å². The van der Waals surface area contributed by atoms with E-state index in [-0.39, 0.29) is 18.6 Å². The van der Waals surface area contributed by atoms with Gasteiger partial charge in [-0.05, 0) is 19.9 Å². The first kappa shape index (κ1) is 14.7. The van der Waals surface area contributed by atoms with Crippen molar-refractivity contribution in [2.45, 2.75) is 25.6 Å². The molecule has 1 unspecified atom stereocenters. The molecular formula is C14H20N2O4. The van der Waals surface area contributed by atoms with E-state index >= 15 is 0 Å². The molecule has 2 rings (SSSR count). The Morgan fingerprint density at radius 3 is 3.05 bits per heavy atom. The van der Waals surface area contributed by atoms with Gasteiger partial charge >= 0.3 is 0 Å². The highest BCUT2D eigenvalue weighted by molar-refractivity contribution is 5.96. The molecule has 2 heterocycles. The van der Waals surface area contributed by atoms with Gasteiger partial charge in [0.05, 0.1) is 37.2 Å². The molecule has 0 bridgehead atoms. The maximum Gasteiger partial charge on any atom is 0.257 e. The fourth-order valence-electron chi connectivity index (χ4n) is 2.44. The summed E-state index contributed by atoms with van der Waals surface area (Å²) in [4.78, 5) is 18.2. The standard InChI is InChI=1S/C14H20N2O4/c1-14(2)9-16(7-10(8-17)20-14)13(18)11-4-5-15-6-12(11)19-3/h4-6,10,17H,7-9H2,1-3H3. The molecule has 0 aromatic carbocycles. The molecule has 1 saturated heterocycles. The smallest absolute Gasteiger partial charge is 0.257 e. The lowest BCUT2D eigenvalue weighted by Crippen LogP contribution is -2.55. The molecule has 0 radical (unpaired) electrons. The first-order valence-corrected chi connectivity index (χ1v) is 6.53. The molecule has 1 aliphatic heterocycles. The minimum Gasteiger partial charge on any atom is -0.494 e. The highest BCUT2D eigenvalue weighted by atomic mass is 16.5. The van der Waals surface area contributed by atoms with Crippen LogP contribution >= 0.6 is 0 Å². The molecule has 0 saturated carbocycles. The predicted molar refractivity (Wildman–Crippen MR) is 72.7 cm³/mol. The Hall–Kier alpha value is -1.66. The molecule has 1 aromatic rings. The van der Waals surface area contributed by atoms with Gasteiger partial charge in [0.1, 0.15) is 5.75 Å². The Bertz CT molecular complexity index is 490. The normalized spacial score (nSPS) is 21.6. The molecule has 1 N–H and O–H groups in total. The molecule has 1 fully saturated rings. The molecular weight excluding hydrogens is 260 g/mol. The van der Waals surface area contributed by atoms with E-state index in [0.29, 0.717) is 24.4 Å². The molecule has 1 amide bonds. The number of aliphatic hydroxyl groups excluding tert-OH is 1. The first-order chi connectivity index (χ1) is 9.46. The number of hydrogen-bond acceptors (Lipinski definition) is 5. The summed E-state index contributed by atoms with van der Waals surface area (Å²) in [5.74, 6) is 0.307. The van der Waals surface area contributed by atoms with E-state index < -0.39 is 5.60 Å². The number of carbonyl (C=O) groups is 1. The van der Waals surface area contributed by atoms with Crippen LogP contribution in [0.15, 0.2) is 18.5 Å². The first-order valence-electron chi connectivity index (χ1n) is 6.53. The number of rotatable bonds is 3. The summed E-state index contributed by atoms with van der Waals surface area (Å²) in [6.45, 7) is 4.52. The van der Waals surface area contributed by atoms with Crippen molar-refractivity contribution in [2.24, 2.45) is 0 Å². The van der Waals surface area contributed by atoms with Crippen molar-refractivity contribution in [2.75, 3.05) is 26.8 Å². The van der Waals surface area contributed by atoms with Crippen LogP contribution in [-0.2, 0) is 4.74 Å². The molecule has 1 aliphatic rings. The number of amides is 1. The summed E-state index contributed by atoms with van der Waals surface area (Å²) >= 11 is 0. The van der Waals surface area contributed by atoms with Crippen LogP contribution in [0.3, 0.4) is 0 Å². The van der Waals surface area contributed by atoms with Gasteiger partial charge in [0.25, 0.3) is 5.91 Å². The monoisotopic (exact) mass is 280 g/mol. The maximum atomic E-state index is 12.6. The van der Waals surface area contributed by atoms with Crippen molar-refractivity contribution in [3.63, 3.8) is 0 Å². The van der Waals surface area contributed by atoms with E-state index in [0.717, 1.165) is 0 Å². The Morgan fingerprint density at radius 2 is 2.40 bits per heavy atom. The van der Waals surface area contributed by atoms with Crippen molar-refractivity contribution >= 4 is 5.91 Å². The van der Waals surface area contributed by atoms with Gasteiger partial charge in [-0.15, -0.1) is 0 Å². The van der Waals surface area contributed by atoms with E-state index in [4.69, 9.17) is 9.47 Å². The number of pyridine rings is 1. The summed E-state index contributed by atoms with van der Waals surface area (Å²) in [7, 11) is 1.51. The van der Waals surface area contributed by atoms with E-state index in [2.05, 4.69) is 4.98 Å². The summed E-state index contributed by atoms with van der Waals surface area (Å²) in [6, 6.07) is 1.64. The van der Waals surface area contributed by atoms with E-state index in [9.17, 15) is 9.90 Å². The second-order valence-corrected chi connectivity index (χ2v) is 5.44. The molecule has 110 valence electrons. The molecule has 0 aliphatic carbocycles. The Kier molecular flexibility index (Phi) is 4.25. The summed E-state index contributed by atoms with van der Waals surface area (Å²) in [5.41, 5.74) is -0.0152. The quantitative estimate of drug-likeness (QED) is 0.882. The van der Waals surface area contributed by atoms with Gasteiger partial charge in [0, 0.05) is 19.3 Å². The van der Waals surface area contributed by atoms with Crippen molar-refractivity contribution in [1.82, 2.24) is 9.88 Å². The van der Waals surface area contributed by atoms with Crippen molar-refractivity contribution in [3.05, 3.63) is 24.0 Å². The Labute approximate surface area is 118 Å². The van der Waals surface area contributed by atoms with Gasteiger partial charge in [-0.25, -0.2) is 0 Å². The third-order valence-electron chi connectivity index (χ3n) is 3.21. The van der Waals surface area contributed by atoms with Crippen LogP contribution in [0.2, 0.25) is 0 Å². The van der Waals surface area contributed by atoms with Crippen LogP contribution < -0.4 is 4.74 Å². The fraction of sp³-hybridized carbons (Fsp3) is 0.571. The van der Waals surface area contributed by atoms with Crippen LogP contribution in [0.5, 0.6) is 5.75 Å². The fourth-order valence-corrected chi connectivity index (χ4v) is 2.44. The second-order valence-electron chi connectivity index (χ2n) is 5.44. The third kappa shape index (κ3) is 3.08. The maximum absolute atomic E-state index is 12.6. The average Bonchev–Trinajstić information content (AvgIpc) is 2.44. The lowest BCUT2D eigenvalue weighted by Gasteiger charge is -2.42. The second kappa shape index (κ2) is 5.76. The molecule has 0 spiro atoms. The van der Waals surface area contributed by atoms with Gasteiger partial charge in [0.2, 0.25) is 0 Å². The topological polar surface area (TPSA) is 71.9 Å². The zero-order valence-corrected chi connectivity index (χ0v) is 12.0. The Morgan fingerprint density at radius 1 is 1.65 bits per heavy atom. The molecule has 1 aromatic heterocycles. The highest BCUT2D eigenvalue weighted by Crippen LogP contribution is 2.25. The van der Waals surface area contributed by atoms with Crippen LogP contribution in [0, 0.1) is 0 Å². The van der Waals surface area contributed by atoms with Crippen molar-refractivity contribution in [1.29, 1.82) is 0 Å². The van der Waals surface area contributed by atoms with Gasteiger partial charge in [0.15, 0.2) is 0 Å². The number of morpholine rings is 1. The summed E-state index contributed by atoms with van der Waals surface area (Å²) < 4.78 is 10.9. The summed E-state index contributed by atoms with van der Waals surface area (Å²) in [5, 5.41) is 9.30. The SMILES string of the molecule is COc1cnccc1C(=O)N1CC(CO)OC(C)(C)C1. The number of nitrogens with zero attached hydrogens (tertiary/aromatic N) is 2. The number of aliphatic hydroxyl groups is 1. The van der Waals surface area contributed by atoms with E-state index in [1.54, 1.807) is 17.2 Å². The lowest BCUT2D eigenvalue weighted by atomic mass is 10.0. The van der Waals surface area contributed by atoms with Crippen LogP contribution in [0.4, 0.5) is 0 Å². The number of methoxy groups -OCH3 is 1. The molecule has 1 atom stereocenters. The van der Waals surface area contributed by atoms with Crippen molar-refractivity contribution in [3.8, 4) is 5.75 Å². The van der Waals surface area contributed by atoms with Gasteiger partial charge in [-0.2, -0.15) is 0 Å². The molecule has 20 heavy (non-hydrogen) atoms. The largest absolute Gasteiger partial charge is 0.494 e. The Balaban J connectivity index is 2.23. The summed E-state index contributed by atoms with van der Waals surface area (Å²) in [6.07, 6.45) is 2.71. The zero-order valence-electron chi connectivity index (χ0n) is 12.0. The highest BCUT2D eigenvalue weighted by Gasteiger charge is 2.36. The third-order valence-corrected chi connectivity index (χ3v) is 3.21. The minimum atomic E-state index is -0.485. The number of hydrogen-bond donors (Lipinski definition) is 1. The van der Waals surface area contributed by atoms with Gasteiger partial charge < -0.3 is 19.5 Å². The lowest BCUT2D eigenvalue weighted by molar-refractivity contribution is -0.139. The molecule has 6 heteroatoms. The van der Waals surface area contributed by atoms with E-state index in [1.807, 2.05) is 13.8 Å². The number of aromatic nitrogens is 1. The minimum absolute atomic E-state index is 0.110. The average molecular weight is 280 g/mol. The number of ether oxygens (including phenoxy) is 2. The van der Waals surface area contributed by atoms with Crippen LogP contribution in [0.1, 0.15) is 24.2 Å². The zero-order chi connectivity index (χ0) is 14.8. The van der Waals surface area contributed by atoms with Crippen LogP contribution in [-0.4, -0.2) is 59.4 Å². The van der Waals surface area contributed by atoms with E-state index in [1.165, 1.54) is 13.3 Å². The van der Waals surface area contributed by atoms with Crippen molar-refractivity contribution < 1.29 is 19.4 Å². The molecule has 6 nitrogen and oxygen atoms in total. The van der Waals surface area contributed by atoms with Crippen LogP contribution in [0.25, 0.3) is 0 Å². The predicted octanol–water partition coefficient (Wildman–Crippen LogP) is 0.702.